The van der Waals surface area contributed by atoms with Gasteiger partial charge in [0.25, 0.3) is 11.6 Å². The zero-order valence-corrected chi connectivity index (χ0v) is 14.1. The second-order valence-corrected chi connectivity index (χ2v) is 5.00. The molecule has 0 aromatic heterocycles. The number of hydrogen-bond donors (Lipinski definition) is 1. The van der Waals surface area contributed by atoms with Gasteiger partial charge in [-0.1, -0.05) is 6.07 Å². The number of nitrogens with zero attached hydrogens (tertiary/aromatic N) is 1. The summed E-state index contributed by atoms with van der Waals surface area (Å²) < 4.78 is 15.0. The van der Waals surface area contributed by atoms with Crippen molar-refractivity contribution in [1.82, 2.24) is 0 Å². The van der Waals surface area contributed by atoms with Crippen LogP contribution in [0.1, 0.15) is 10.4 Å². The Labute approximate surface area is 148 Å². The van der Waals surface area contributed by atoms with Gasteiger partial charge in [-0.05, 0) is 24.3 Å². The van der Waals surface area contributed by atoms with Crippen LogP contribution in [0.25, 0.3) is 0 Å². The van der Waals surface area contributed by atoms with Crippen molar-refractivity contribution in [2.45, 2.75) is 0 Å². The van der Waals surface area contributed by atoms with Crippen molar-refractivity contribution >= 4 is 23.3 Å². The molecule has 0 fully saturated rings. The van der Waals surface area contributed by atoms with Crippen molar-refractivity contribution in [2.75, 3.05) is 26.1 Å². The normalized spacial score (nSPS) is 9.92. The third kappa shape index (κ3) is 4.69. The molecule has 0 spiro atoms. The van der Waals surface area contributed by atoms with Gasteiger partial charge in [0, 0.05) is 12.1 Å². The van der Waals surface area contributed by atoms with Crippen LogP contribution in [0.3, 0.4) is 0 Å². The van der Waals surface area contributed by atoms with E-state index in [1.807, 2.05) is 0 Å². The highest BCUT2D eigenvalue weighted by molar-refractivity contribution is 5.94. The molecular weight excluding hydrogens is 344 g/mol. The molecule has 0 saturated carbocycles. The van der Waals surface area contributed by atoms with Crippen LogP contribution in [0.5, 0.6) is 11.5 Å². The molecule has 0 saturated heterocycles. The Hall–Kier alpha value is -3.62. The summed E-state index contributed by atoms with van der Waals surface area (Å²) in [5.74, 6) is -0.501. The molecule has 0 aliphatic heterocycles. The number of anilines is 1. The number of nitro groups is 1. The molecule has 0 heterocycles. The minimum absolute atomic E-state index is 0.151. The minimum Gasteiger partial charge on any atom is -0.495 e. The standard InChI is InChI=1S/C17H16N2O7/c1-24-15-7-6-12(19(22)23)9-14(15)18-16(20)10-26-13-5-3-4-11(8-13)17(21)25-2/h3-9H,10H2,1-2H3,(H,18,20). The number of methoxy groups -OCH3 is 2. The number of nitro benzene ring substituents is 1. The first-order valence-electron chi connectivity index (χ1n) is 7.38. The number of benzene rings is 2. The van der Waals surface area contributed by atoms with E-state index in [1.165, 1.54) is 38.5 Å². The molecule has 136 valence electrons. The van der Waals surface area contributed by atoms with Gasteiger partial charge in [-0.3, -0.25) is 14.9 Å². The summed E-state index contributed by atoms with van der Waals surface area (Å²) in [5.41, 5.74) is 0.247. The van der Waals surface area contributed by atoms with Crippen molar-refractivity contribution < 1.29 is 28.7 Å². The van der Waals surface area contributed by atoms with Crippen LogP contribution in [0.4, 0.5) is 11.4 Å². The fraction of sp³-hybridized carbons (Fsp3) is 0.176. The molecule has 0 unspecified atom stereocenters. The maximum absolute atomic E-state index is 12.1. The predicted molar refractivity (Wildman–Crippen MR) is 91.6 cm³/mol. The lowest BCUT2D eigenvalue weighted by molar-refractivity contribution is -0.384. The molecule has 0 radical (unpaired) electrons. The van der Waals surface area contributed by atoms with Gasteiger partial charge in [-0.2, -0.15) is 0 Å². The second kappa shape index (κ2) is 8.47. The molecule has 26 heavy (non-hydrogen) atoms. The third-order valence-corrected chi connectivity index (χ3v) is 3.29. The molecule has 9 heteroatoms. The van der Waals surface area contributed by atoms with Crippen LogP contribution in [0.15, 0.2) is 42.5 Å². The molecule has 2 aromatic carbocycles. The summed E-state index contributed by atoms with van der Waals surface area (Å²) >= 11 is 0. The zero-order chi connectivity index (χ0) is 19.1. The van der Waals surface area contributed by atoms with E-state index in [2.05, 4.69) is 10.1 Å². The monoisotopic (exact) mass is 360 g/mol. The lowest BCUT2D eigenvalue weighted by Gasteiger charge is -2.11. The summed E-state index contributed by atoms with van der Waals surface area (Å²) in [7, 11) is 2.64. The van der Waals surface area contributed by atoms with E-state index < -0.39 is 16.8 Å². The highest BCUT2D eigenvalue weighted by atomic mass is 16.6. The Morgan fingerprint density at radius 1 is 1.15 bits per heavy atom. The molecule has 2 aromatic rings. The molecule has 1 N–H and O–H groups in total. The van der Waals surface area contributed by atoms with Crippen LogP contribution in [-0.4, -0.2) is 37.6 Å². The summed E-state index contributed by atoms with van der Waals surface area (Å²) in [6.07, 6.45) is 0. The van der Waals surface area contributed by atoms with Gasteiger partial charge in [0.1, 0.15) is 11.5 Å². The van der Waals surface area contributed by atoms with Gasteiger partial charge in [-0.25, -0.2) is 4.79 Å². The van der Waals surface area contributed by atoms with E-state index in [0.29, 0.717) is 5.75 Å². The summed E-state index contributed by atoms with van der Waals surface area (Å²) in [6, 6.07) is 9.99. The summed E-state index contributed by atoms with van der Waals surface area (Å²) in [5, 5.41) is 13.3. The van der Waals surface area contributed by atoms with Crippen molar-refractivity contribution in [1.29, 1.82) is 0 Å². The number of amides is 1. The van der Waals surface area contributed by atoms with Gasteiger partial charge in [-0.15, -0.1) is 0 Å². The van der Waals surface area contributed by atoms with Crippen LogP contribution >= 0.6 is 0 Å². The van der Waals surface area contributed by atoms with Gasteiger partial charge in [0.05, 0.1) is 30.4 Å². The van der Waals surface area contributed by atoms with Crippen LogP contribution in [0, 0.1) is 10.1 Å². The molecule has 0 bridgehead atoms. The Balaban J connectivity index is 2.04. The summed E-state index contributed by atoms with van der Waals surface area (Å²) in [4.78, 5) is 33.8. The van der Waals surface area contributed by atoms with E-state index in [1.54, 1.807) is 18.2 Å². The number of ether oxygens (including phenoxy) is 3. The van der Waals surface area contributed by atoms with Crippen molar-refractivity contribution in [2.24, 2.45) is 0 Å². The Morgan fingerprint density at radius 3 is 2.58 bits per heavy atom. The molecule has 9 nitrogen and oxygen atoms in total. The fourth-order valence-electron chi connectivity index (χ4n) is 2.07. The Morgan fingerprint density at radius 2 is 1.92 bits per heavy atom. The minimum atomic E-state index is -0.579. The number of carbonyl (C=O) groups is 2. The van der Waals surface area contributed by atoms with E-state index in [-0.39, 0.29) is 29.3 Å². The Kier molecular flexibility index (Phi) is 6.10. The van der Waals surface area contributed by atoms with E-state index in [9.17, 15) is 19.7 Å². The number of esters is 1. The van der Waals surface area contributed by atoms with Gasteiger partial charge in [0.15, 0.2) is 6.61 Å². The largest absolute Gasteiger partial charge is 0.495 e. The topological polar surface area (TPSA) is 117 Å². The maximum Gasteiger partial charge on any atom is 0.337 e. The maximum atomic E-state index is 12.1. The first kappa shape index (κ1) is 18.7. The van der Waals surface area contributed by atoms with E-state index >= 15 is 0 Å². The molecule has 0 atom stereocenters. The molecule has 0 aliphatic rings. The van der Waals surface area contributed by atoms with Crippen molar-refractivity contribution in [3.05, 3.63) is 58.1 Å². The van der Waals surface area contributed by atoms with Crippen LogP contribution in [0.2, 0.25) is 0 Å². The lowest BCUT2D eigenvalue weighted by atomic mass is 10.2. The average Bonchev–Trinajstić information content (AvgIpc) is 2.65. The van der Waals surface area contributed by atoms with Crippen molar-refractivity contribution in [3.63, 3.8) is 0 Å². The quantitative estimate of drug-likeness (QED) is 0.458. The van der Waals surface area contributed by atoms with E-state index in [4.69, 9.17) is 9.47 Å². The molecule has 2 rings (SSSR count). The highest BCUT2D eigenvalue weighted by Gasteiger charge is 2.14. The average molecular weight is 360 g/mol. The number of carbonyl (C=O) groups excluding carboxylic acids is 2. The first-order chi connectivity index (χ1) is 12.4. The van der Waals surface area contributed by atoms with Gasteiger partial charge >= 0.3 is 5.97 Å². The van der Waals surface area contributed by atoms with E-state index in [0.717, 1.165) is 0 Å². The van der Waals surface area contributed by atoms with Crippen LogP contribution in [-0.2, 0) is 9.53 Å². The number of nitrogens with one attached hydrogen (secondary N) is 1. The van der Waals surface area contributed by atoms with Gasteiger partial charge in [0.2, 0.25) is 0 Å². The first-order valence-corrected chi connectivity index (χ1v) is 7.38. The lowest BCUT2D eigenvalue weighted by Crippen LogP contribution is -2.20. The van der Waals surface area contributed by atoms with Crippen molar-refractivity contribution in [3.8, 4) is 11.5 Å². The number of non-ortho nitro benzene ring substituents is 1. The summed E-state index contributed by atoms with van der Waals surface area (Å²) in [6.45, 7) is -0.365. The van der Waals surface area contributed by atoms with Crippen LogP contribution < -0.4 is 14.8 Å². The number of hydrogen-bond acceptors (Lipinski definition) is 7. The highest BCUT2D eigenvalue weighted by Crippen LogP contribution is 2.28. The van der Waals surface area contributed by atoms with Gasteiger partial charge < -0.3 is 19.5 Å². The number of rotatable bonds is 7. The Bertz CT molecular complexity index is 836. The fourth-order valence-corrected chi connectivity index (χ4v) is 2.07. The smallest absolute Gasteiger partial charge is 0.337 e. The SMILES string of the molecule is COC(=O)c1cccc(OCC(=O)Nc2cc([N+](=O)[O-])ccc2OC)c1. The third-order valence-electron chi connectivity index (χ3n) is 3.29. The molecule has 0 aliphatic carbocycles. The predicted octanol–water partition coefficient (Wildman–Crippen LogP) is 2.41. The second-order valence-electron chi connectivity index (χ2n) is 5.00. The zero-order valence-electron chi connectivity index (χ0n) is 14.1. The molecule has 1 amide bonds. The molecular formula is C17H16N2O7.